The molecule has 2 fully saturated rings. The topological polar surface area (TPSA) is 78.9 Å². The Morgan fingerprint density at radius 2 is 2.25 bits per heavy atom. The molecule has 1 aromatic rings. The summed E-state index contributed by atoms with van der Waals surface area (Å²) < 4.78 is 4.89. The van der Waals surface area contributed by atoms with Crippen molar-refractivity contribution in [2.75, 3.05) is 20.3 Å². The van der Waals surface area contributed by atoms with Crippen molar-refractivity contribution in [1.29, 1.82) is 0 Å². The number of methoxy groups -OCH3 is 1. The summed E-state index contributed by atoms with van der Waals surface area (Å²) in [4.78, 5) is 27.7. The average molecular weight is 352 g/mol. The number of amides is 2. The molecule has 2 N–H and O–H groups in total. The first kappa shape index (κ1) is 17.4. The summed E-state index contributed by atoms with van der Waals surface area (Å²) in [5.74, 6) is -0.0502. The van der Waals surface area contributed by atoms with E-state index in [1.54, 1.807) is 18.3 Å². The molecule has 0 aromatic carbocycles. The predicted molar refractivity (Wildman–Crippen MR) is 90.5 cm³/mol. The van der Waals surface area contributed by atoms with Gasteiger partial charge in [0.15, 0.2) is 0 Å². The van der Waals surface area contributed by atoms with Crippen LogP contribution in [0.1, 0.15) is 37.1 Å². The SMILES string of the molecule is COCC(=O)N[C@H]1[C@H](c2cccs2)N(C(=O)C2CC2)CC[C@@]1(C)O. The van der Waals surface area contributed by atoms with Gasteiger partial charge >= 0.3 is 0 Å². The van der Waals surface area contributed by atoms with E-state index in [-0.39, 0.29) is 30.4 Å². The molecule has 2 aliphatic rings. The van der Waals surface area contributed by atoms with Gasteiger partial charge in [-0.3, -0.25) is 9.59 Å². The largest absolute Gasteiger partial charge is 0.388 e. The number of likely N-dealkylation sites (tertiary alicyclic amines) is 1. The minimum absolute atomic E-state index is 0.0691. The quantitative estimate of drug-likeness (QED) is 0.838. The van der Waals surface area contributed by atoms with Gasteiger partial charge in [0.2, 0.25) is 11.8 Å². The van der Waals surface area contributed by atoms with Crippen molar-refractivity contribution >= 4 is 23.2 Å². The van der Waals surface area contributed by atoms with Crippen LogP contribution in [-0.4, -0.2) is 53.7 Å². The van der Waals surface area contributed by atoms with Crippen LogP contribution in [0.4, 0.5) is 0 Å². The standard InChI is InChI=1S/C17H24N2O4S/c1-17(22)7-8-19(16(21)11-5-6-11)14(12-4-3-9-24-12)15(17)18-13(20)10-23-2/h3-4,9,11,14-15,22H,5-8,10H2,1-2H3,(H,18,20)/t14-,15-,17+/m0/s1. The summed E-state index contributed by atoms with van der Waals surface area (Å²) in [6.45, 7) is 2.16. The molecule has 0 spiro atoms. The maximum atomic E-state index is 12.7. The summed E-state index contributed by atoms with van der Waals surface area (Å²) in [6, 6.07) is 2.98. The first-order chi connectivity index (χ1) is 11.4. The van der Waals surface area contributed by atoms with Crippen LogP contribution in [0.5, 0.6) is 0 Å². The Morgan fingerprint density at radius 3 is 2.83 bits per heavy atom. The van der Waals surface area contributed by atoms with Crippen molar-refractivity contribution in [3.05, 3.63) is 22.4 Å². The molecule has 24 heavy (non-hydrogen) atoms. The van der Waals surface area contributed by atoms with Crippen molar-refractivity contribution in [1.82, 2.24) is 10.2 Å². The third kappa shape index (κ3) is 3.48. The summed E-state index contributed by atoms with van der Waals surface area (Å²) >= 11 is 1.54. The number of nitrogens with one attached hydrogen (secondary N) is 1. The number of nitrogens with zero attached hydrogens (tertiary/aromatic N) is 1. The van der Waals surface area contributed by atoms with Gasteiger partial charge in [0.05, 0.1) is 17.7 Å². The second-order valence-electron chi connectivity index (χ2n) is 6.85. The zero-order chi connectivity index (χ0) is 17.3. The van der Waals surface area contributed by atoms with Crippen LogP contribution >= 0.6 is 11.3 Å². The second kappa shape index (κ2) is 6.82. The number of hydrogen-bond acceptors (Lipinski definition) is 5. The molecule has 3 rings (SSSR count). The van der Waals surface area contributed by atoms with E-state index in [1.807, 2.05) is 22.4 Å². The number of ether oxygens (including phenoxy) is 1. The molecule has 132 valence electrons. The third-order valence-electron chi connectivity index (χ3n) is 4.82. The molecule has 7 heteroatoms. The highest BCUT2D eigenvalue weighted by Gasteiger charge is 2.50. The number of carbonyl (C=O) groups excluding carboxylic acids is 2. The molecule has 1 aliphatic heterocycles. The Hall–Kier alpha value is -1.44. The highest BCUT2D eigenvalue weighted by atomic mass is 32.1. The lowest BCUT2D eigenvalue weighted by atomic mass is 9.81. The lowest BCUT2D eigenvalue weighted by Crippen LogP contribution is -2.63. The van der Waals surface area contributed by atoms with Crippen LogP contribution in [0.3, 0.4) is 0 Å². The van der Waals surface area contributed by atoms with E-state index in [1.165, 1.54) is 7.11 Å². The molecule has 1 aromatic heterocycles. The monoisotopic (exact) mass is 352 g/mol. The van der Waals surface area contributed by atoms with Gasteiger partial charge < -0.3 is 20.1 Å². The molecule has 0 bridgehead atoms. The van der Waals surface area contributed by atoms with Crippen LogP contribution in [0.25, 0.3) is 0 Å². The number of hydrogen-bond donors (Lipinski definition) is 2. The summed E-state index contributed by atoms with van der Waals surface area (Å²) in [5, 5.41) is 15.7. The average Bonchev–Trinajstić information content (AvgIpc) is 3.24. The first-order valence-electron chi connectivity index (χ1n) is 8.28. The fourth-order valence-corrected chi connectivity index (χ4v) is 4.21. The van der Waals surface area contributed by atoms with Crippen LogP contribution in [0.15, 0.2) is 17.5 Å². The smallest absolute Gasteiger partial charge is 0.246 e. The van der Waals surface area contributed by atoms with Gasteiger partial charge in [-0.15, -0.1) is 11.3 Å². The highest BCUT2D eigenvalue weighted by Crippen LogP contribution is 2.42. The molecule has 1 saturated carbocycles. The van der Waals surface area contributed by atoms with E-state index < -0.39 is 11.6 Å². The molecule has 6 nitrogen and oxygen atoms in total. The number of piperidine rings is 1. The number of carbonyl (C=O) groups is 2. The number of thiophene rings is 1. The Labute approximate surface area is 145 Å². The Kier molecular flexibility index (Phi) is 4.94. The summed E-state index contributed by atoms with van der Waals surface area (Å²) in [6.07, 6.45) is 2.30. The molecule has 0 unspecified atom stereocenters. The molecular weight excluding hydrogens is 328 g/mol. The molecular formula is C17H24N2O4S. The van der Waals surface area contributed by atoms with Crippen molar-refractivity contribution < 1.29 is 19.4 Å². The van der Waals surface area contributed by atoms with Gasteiger partial charge in [-0.1, -0.05) is 6.07 Å². The number of aliphatic hydroxyl groups is 1. The van der Waals surface area contributed by atoms with E-state index in [0.717, 1.165) is 17.7 Å². The lowest BCUT2D eigenvalue weighted by Gasteiger charge is -2.48. The summed E-state index contributed by atoms with van der Waals surface area (Å²) in [5.41, 5.74) is -1.08. The van der Waals surface area contributed by atoms with Gasteiger partial charge in [0, 0.05) is 24.4 Å². The van der Waals surface area contributed by atoms with Gasteiger partial charge in [-0.25, -0.2) is 0 Å². The molecule has 3 atom stereocenters. The van der Waals surface area contributed by atoms with E-state index in [9.17, 15) is 14.7 Å². The Bertz CT molecular complexity index is 598. The van der Waals surface area contributed by atoms with E-state index in [2.05, 4.69) is 5.32 Å². The van der Waals surface area contributed by atoms with Crippen molar-refractivity contribution in [2.24, 2.45) is 5.92 Å². The summed E-state index contributed by atoms with van der Waals surface area (Å²) in [7, 11) is 1.46. The van der Waals surface area contributed by atoms with Gasteiger partial charge in [0.1, 0.15) is 6.61 Å². The second-order valence-corrected chi connectivity index (χ2v) is 7.83. The minimum Gasteiger partial charge on any atom is -0.388 e. The van der Waals surface area contributed by atoms with Gasteiger partial charge in [-0.2, -0.15) is 0 Å². The maximum Gasteiger partial charge on any atom is 0.246 e. The molecule has 2 amide bonds. The maximum absolute atomic E-state index is 12.7. The van der Waals surface area contributed by atoms with Crippen LogP contribution in [0, 0.1) is 5.92 Å². The fourth-order valence-electron chi connectivity index (χ4n) is 3.33. The van der Waals surface area contributed by atoms with E-state index in [4.69, 9.17) is 4.74 Å². The third-order valence-corrected chi connectivity index (χ3v) is 5.76. The van der Waals surface area contributed by atoms with E-state index >= 15 is 0 Å². The molecule has 1 aliphatic carbocycles. The lowest BCUT2D eigenvalue weighted by molar-refractivity contribution is -0.147. The predicted octanol–water partition coefficient (Wildman–Crippen LogP) is 1.31. The minimum atomic E-state index is -1.08. The molecule has 2 heterocycles. The number of rotatable bonds is 5. The van der Waals surface area contributed by atoms with E-state index in [0.29, 0.717) is 13.0 Å². The Balaban J connectivity index is 1.92. The Morgan fingerprint density at radius 1 is 1.50 bits per heavy atom. The molecule has 0 radical (unpaired) electrons. The van der Waals surface area contributed by atoms with Crippen molar-refractivity contribution in [3.8, 4) is 0 Å². The zero-order valence-corrected chi connectivity index (χ0v) is 14.8. The zero-order valence-electron chi connectivity index (χ0n) is 14.0. The van der Waals surface area contributed by atoms with Gasteiger partial charge in [-0.05, 0) is 37.6 Å². The normalized spacial score (nSPS) is 30.2. The first-order valence-corrected chi connectivity index (χ1v) is 9.16. The molecule has 1 saturated heterocycles. The highest BCUT2D eigenvalue weighted by molar-refractivity contribution is 7.10. The van der Waals surface area contributed by atoms with Crippen LogP contribution in [-0.2, 0) is 14.3 Å². The van der Waals surface area contributed by atoms with Crippen molar-refractivity contribution in [2.45, 2.75) is 43.9 Å². The van der Waals surface area contributed by atoms with Crippen LogP contribution in [0.2, 0.25) is 0 Å². The van der Waals surface area contributed by atoms with Crippen molar-refractivity contribution in [3.63, 3.8) is 0 Å². The van der Waals surface area contributed by atoms with Crippen LogP contribution < -0.4 is 5.32 Å². The fraction of sp³-hybridized carbons (Fsp3) is 0.647. The van der Waals surface area contributed by atoms with Gasteiger partial charge in [0.25, 0.3) is 0 Å².